The summed E-state index contributed by atoms with van der Waals surface area (Å²) in [5.41, 5.74) is 1.85. The van der Waals surface area contributed by atoms with E-state index in [0.29, 0.717) is 5.82 Å². The predicted octanol–water partition coefficient (Wildman–Crippen LogP) is -0.498. The maximum Gasteiger partial charge on any atom is 0.332 e. The average molecular weight is 196 g/mol. The molecule has 1 rings (SSSR count). The zero-order chi connectivity index (χ0) is 10.7. The molecule has 0 aromatic carbocycles. The Labute approximate surface area is 80.5 Å². The van der Waals surface area contributed by atoms with Gasteiger partial charge >= 0.3 is 5.69 Å². The summed E-state index contributed by atoms with van der Waals surface area (Å²) in [5.74, 6) is 0.371. The molecule has 0 amide bonds. The molecule has 1 aromatic heterocycles. The van der Waals surface area contributed by atoms with Crippen LogP contribution in [0.2, 0.25) is 0 Å². The van der Waals surface area contributed by atoms with Crippen molar-refractivity contribution in [3.63, 3.8) is 0 Å². The molecule has 0 saturated carbocycles. The highest BCUT2D eigenvalue weighted by molar-refractivity contribution is 5.55. The van der Waals surface area contributed by atoms with Crippen LogP contribution in [0, 0.1) is 0 Å². The Hall–Kier alpha value is -1.85. The molecule has 0 saturated heterocycles. The highest BCUT2D eigenvalue weighted by atomic mass is 16.2. The summed E-state index contributed by atoms with van der Waals surface area (Å²) < 4.78 is 2.34. The van der Waals surface area contributed by atoms with Crippen molar-refractivity contribution in [3.8, 4) is 0 Å². The van der Waals surface area contributed by atoms with E-state index in [1.165, 1.54) is 23.9 Å². The van der Waals surface area contributed by atoms with E-state index in [2.05, 4.69) is 10.5 Å². The van der Waals surface area contributed by atoms with Crippen LogP contribution in [-0.4, -0.2) is 15.3 Å². The second-order valence-corrected chi connectivity index (χ2v) is 2.77. The summed E-state index contributed by atoms with van der Waals surface area (Å²) in [7, 11) is 2.99. The lowest BCUT2D eigenvalue weighted by molar-refractivity contribution is 0.690. The highest BCUT2D eigenvalue weighted by Gasteiger charge is 2.03. The van der Waals surface area contributed by atoms with E-state index in [0.717, 1.165) is 4.57 Å². The van der Waals surface area contributed by atoms with Crippen molar-refractivity contribution >= 4 is 12.0 Å². The van der Waals surface area contributed by atoms with Crippen molar-refractivity contribution in [1.82, 2.24) is 9.13 Å². The van der Waals surface area contributed by atoms with Crippen molar-refractivity contribution in [3.05, 3.63) is 26.9 Å². The van der Waals surface area contributed by atoms with Gasteiger partial charge in [0, 0.05) is 26.4 Å². The second-order valence-electron chi connectivity index (χ2n) is 2.77. The van der Waals surface area contributed by atoms with E-state index < -0.39 is 0 Å². The van der Waals surface area contributed by atoms with Crippen molar-refractivity contribution < 1.29 is 0 Å². The molecule has 14 heavy (non-hydrogen) atoms. The zero-order valence-corrected chi connectivity index (χ0v) is 8.31. The summed E-state index contributed by atoms with van der Waals surface area (Å²) in [5, 5.41) is 3.73. The molecular formula is C8H12N4O2. The van der Waals surface area contributed by atoms with Gasteiger partial charge in [-0.15, -0.1) is 0 Å². The van der Waals surface area contributed by atoms with E-state index in [1.54, 1.807) is 14.0 Å². The lowest BCUT2D eigenvalue weighted by atomic mass is 10.5. The van der Waals surface area contributed by atoms with Crippen LogP contribution in [0.1, 0.15) is 6.92 Å². The Morgan fingerprint density at radius 1 is 1.36 bits per heavy atom. The van der Waals surface area contributed by atoms with Crippen LogP contribution in [0.15, 0.2) is 20.8 Å². The van der Waals surface area contributed by atoms with Gasteiger partial charge in [0.2, 0.25) is 0 Å². The summed E-state index contributed by atoms with van der Waals surface area (Å²) in [6.45, 7) is 1.73. The third-order valence-corrected chi connectivity index (χ3v) is 1.83. The monoisotopic (exact) mass is 196 g/mol. The second kappa shape index (κ2) is 3.91. The minimum absolute atomic E-state index is 0.359. The van der Waals surface area contributed by atoms with Crippen LogP contribution >= 0.6 is 0 Å². The Morgan fingerprint density at radius 3 is 2.57 bits per heavy atom. The lowest BCUT2D eigenvalue weighted by Crippen LogP contribution is -2.37. The van der Waals surface area contributed by atoms with E-state index >= 15 is 0 Å². The molecule has 76 valence electrons. The molecule has 0 bridgehead atoms. The molecule has 0 aliphatic heterocycles. The first kappa shape index (κ1) is 10.2. The molecule has 0 spiro atoms. The number of nitrogens with one attached hydrogen (secondary N) is 1. The van der Waals surface area contributed by atoms with Crippen molar-refractivity contribution in [2.45, 2.75) is 6.92 Å². The van der Waals surface area contributed by atoms with Gasteiger partial charge in [-0.25, -0.2) is 4.79 Å². The molecule has 1 N–H and O–H groups in total. The van der Waals surface area contributed by atoms with Gasteiger partial charge in [0.05, 0.1) is 0 Å². The summed E-state index contributed by atoms with van der Waals surface area (Å²) >= 11 is 0. The van der Waals surface area contributed by atoms with Crippen LogP contribution in [-0.2, 0) is 14.1 Å². The molecule has 0 atom stereocenters. The molecule has 0 aliphatic rings. The van der Waals surface area contributed by atoms with Gasteiger partial charge in [-0.2, -0.15) is 5.10 Å². The number of rotatable bonds is 2. The summed E-state index contributed by atoms with van der Waals surface area (Å²) in [6, 6.07) is 1.31. The number of hydrazone groups is 1. The Balaban J connectivity index is 3.33. The van der Waals surface area contributed by atoms with Crippen LogP contribution in [0.4, 0.5) is 5.82 Å². The smallest absolute Gasteiger partial charge is 0.281 e. The quantitative estimate of drug-likeness (QED) is 0.512. The van der Waals surface area contributed by atoms with Gasteiger partial charge in [-0.05, 0) is 6.92 Å². The fraction of sp³-hybridized carbons (Fsp3) is 0.375. The van der Waals surface area contributed by atoms with Gasteiger partial charge in [0.15, 0.2) is 0 Å². The number of aromatic nitrogens is 2. The van der Waals surface area contributed by atoms with Crippen LogP contribution in [0.25, 0.3) is 0 Å². The van der Waals surface area contributed by atoms with Crippen molar-refractivity contribution in [2.75, 3.05) is 5.43 Å². The number of nitrogens with zero attached hydrogens (tertiary/aromatic N) is 3. The van der Waals surface area contributed by atoms with Gasteiger partial charge < -0.3 is 0 Å². The fourth-order valence-electron chi connectivity index (χ4n) is 0.971. The number of hydrogen-bond acceptors (Lipinski definition) is 4. The highest BCUT2D eigenvalue weighted by Crippen LogP contribution is 1.96. The molecule has 0 aliphatic carbocycles. The largest absolute Gasteiger partial charge is 0.332 e. The van der Waals surface area contributed by atoms with E-state index in [1.807, 2.05) is 0 Å². The first-order valence-corrected chi connectivity index (χ1v) is 4.08. The fourth-order valence-corrected chi connectivity index (χ4v) is 0.971. The van der Waals surface area contributed by atoms with E-state index in [9.17, 15) is 9.59 Å². The maximum absolute atomic E-state index is 11.4. The molecule has 1 aromatic rings. The van der Waals surface area contributed by atoms with Crippen molar-refractivity contribution in [2.24, 2.45) is 19.2 Å². The Bertz CT molecular complexity index is 469. The van der Waals surface area contributed by atoms with Gasteiger partial charge in [-0.3, -0.25) is 19.4 Å². The molecule has 0 unspecified atom stereocenters. The predicted molar refractivity (Wildman–Crippen MR) is 54.7 cm³/mol. The van der Waals surface area contributed by atoms with Crippen LogP contribution in [0.5, 0.6) is 0 Å². The standard InChI is InChI=1S/C8H12N4O2/c1-4-9-10-6-5-7(13)12(3)8(14)11(6)2/h4-5,10H,1-3H3/b9-4-. The van der Waals surface area contributed by atoms with E-state index in [-0.39, 0.29) is 11.2 Å². The normalized spacial score (nSPS) is 10.8. The molecule has 6 heteroatoms. The topological polar surface area (TPSA) is 68.4 Å². The SMILES string of the molecule is C/C=N\Nc1cc(=O)n(C)c(=O)n1C. The molecule has 6 nitrogen and oxygen atoms in total. The third kappa shape index (κ3) is 1.73. The van der Waals surface area contributed by atoms with Crippen LogP contribution in [0.3, 0.4) is 0 Å². The zero-order valence-electron chi connectivity index (χ0n) is 8.31. The molecule has 0 fully saturated rings. The third-order valence-electron chi connectivity index (χ3n) is 1.83. The van der Waals surface area contributed by atoms with Gasteiger partial charge in [0.1, 0.15) is 5.82 Å². The first-order chi connectivity index (χ1) is 6.57. The van der Waals surface area contributed by atoms with Crippen molar-refractivity contribution in [1.29, 1.82) is 0 Å². The van der Waals surface area contributed by atoms with E-state index in [4.69, 9.17) is 0 Å². The Morgan fingerprint density at radius 2 is 2.00 bits per heavy atom. The molecular weight excluding hydrogens is 184 g/mol. The molecule has 0 radical (unpaired) electrons. The number of hydrogen-bond donors (Lipinski definition) is 1. The van der Waals surface area contributed by atoms with Crippen LogP contribution < -0.4 is 16.7 Å². The maximum atomic E-state index is 11.4. The summed E-state index contributed by atoms with van der Waals surface area (Å²) in [6.07, 6.45) is 1.53. The van der Waals surface area contributed by atoms with Gasteiger partial charge in [0.25, 0.3) is 5.56 Å². The lowest BCUT2D eigenvalue weighted by Gasteiger charge is -2.07. The Kier molecular flexibility index (Phi) is 2.85. The number of anilines is 1. The molecule has 1 heterocycles. The van der Waals surface area contributed by atoms with Gasteiger partial charge in [-0.1, -0.05) is 0 Å². The summed E-state index contributed by atoms with van der Waals surface area (Å²) in [4.78, 5) is 22.6. The first-order valence-electron chi connectivity index (χ1n) is 4.08. The average Bonchev–Trinajstić information content (AvgIpc) is 2.18. The minimum Gasteiger partial charge on any atom is -0.281 e. The minimum atomic E-state index is -0.383.